The van der Waals surface area contributed by atoms with Crippen molar-refractivity contribution in [3.63, 3.8) is 0 Å². The van der Waals surface area contributed by atoms with Gasteiger partial charge in [-0.2, -0.15) is 0 Å². The van der Waals surface area contributed by atoms with Gasteiger partial charge < -0.3 is 20.3 Å². The lowest BCUT2D eigenvalue weighted by Crippen LogP contribution is -2.38. The number of nitro benzene ring substituents is 2. The molecule has 1 aliphatic heterocycles. The van der Waals surface area contributed by atoms with Crippen LogP contribution in [0.3, 0.4) is 0 Å². The van der Waals surface area contributed by atoms with Gasteiger partial charge in [-0.3, -0.25) is 24.8 Å². The zero-order valence-electron chi connectivity index (χ0n) is 19.9. The quantitative estimate of drug-likeness (QED) is 0.243. The molecule has 0 bridgehead atoms. The first kappa shape index (κ1) is 25.1. The Bertz CT molecular complexity index is 1490. The number of imidazole rings is 1. The summed E-state index contributed by atoms with van der Waals surface area (Å²) in [6.45, 7) is -0.169. The number of para-hydroxylation sites is 2. The predicted octanol–water partition coefficient (Wildman–Crippen LogP) is 2.70. The highest BCUT2D eigenvalue weighted by atomic mass is 16.6. The lowest BCUT2D eigenvalue weighted by molar-refractivity contribution is -0.386. The highest BCUT2D eigenvalue weighted by molar-refractivity contribution is 5.81. The van der Waals surface area contributed by atoms with Gasteiger partial charge in [0.25, 0.3) is 11.4 Å². The number of hydrogen-bond acceptors (Lipinski definition) is 11. The molecule has 0 amide bonds. The molecule has 0 radical (unpaired) electrons. The van der Waals surface area contributed by atoms with E-state index in [4.69, 9.17) is 15.2 Å². The lowest BCUT2D eigenvalue weighted by atomic mass is 9.98. The molecule has 14 nitrogen and oxygen atoms in total. The number of anilines is 1. The number of aliphatic hydroxyl groups excluding tert-OH is 1. The summed E-state index contributed by atoms with van der Waals surface area (Å²) in [7, 11) is 0. The lowest BCUT2D eigenvalue weighted by Gasteiger charge is -2.26. The summed E-state index contributed by atoms with van der Waals surface area (Å²) in [6.07, 6.45) is -0.544. The normalized spacial score (nSPS) is 20.0. The van der Waals surface area contributed by atoms with Gasteiger partial charge in [0.2, 0.25) is 0 Å². The molecule has 4 aromatic rings. The number of aliphatic hydroxyl groups is 1. The van der Waals surface area contributed by atoms with Crippen LogP contribution in [0, 0.1) is 20.2 Å². The topological polar surface area (TPSA) is 195 Å². The van der Waals surface area contributed by atoms with Gasteiger partial charge in [0.05, 0.1) is 40.6 Å². The van der Waals surface area contributed by atoms with Crippen molar-refractivity contribution in [1.82, 2.24) is 19.5 Å². The number of nitrogens with zero attached hydrogens (tertiary/aromatic N) is 6. The van der Waals surface area contributed by atoms with Gasteiger partial charge >= 0.3 is 0 Å². The van der Waals surface area contributed by atoms with Crippen molar-refractivity contribution in [2.24, 2.45) is 0 Å². The Morgan fingerprint density at radius 2 is 1.71 bits per heavy atom. The van der Waals surface area contributed by atoms with Crippen LogP contribution in [0.2, 0.25) is 0 Å². The molecule has 2 aromatic carbocycles. The van der Waals surface area contributed by atoms with Crippen molar-refractivity contribution in [2.45, 2.75) is 44.0 Å². The molecule has 3 N–H and O–H groups in total. The first-order valence-corrected chi connectivity index (χ1v) is 11.7. The molecule has 1 saturated heterocycles. The Morgan fingerprint density at radius 3 is 2.42 bits per heavy atom. The number of aromatic nitrogens is 4. The van der Waals surface area contributed by atoms with Crippen LogP contribution in [0.15, 0.2) is 61.2 Å². The number of nitro groups is 2. The fraction of sp³-hybridized carbons (Fsp3) is 0.292. The number of benzene rings is 2. The molecule has 0 aliphatic carbocycles. The van der Waals surface area contributed by atoms with Gasteiger partial charge in [0, 0.05) is 30.5 Å². The van der Waals surface area contributed by atoms with Gasteiger partial charge in [-0.25, -0.2) is 15.0 Å². The Kier molecular flexibility index (Phi) is 6.91. The van der Waals surface area contributed by atoms with E-state index in [1.165, 1.54) is 24.8 Å². The molecule has 0 saturated carbocycles. The molecule has 4 atom stereocenters. The van der Waals surface area contributed by atoms with Gasteiger partial charge in [-0.15, -0.1) is 0 Å². The maximum Gasteiger partial charge on any atom is 0.274 e. The third-order valence-electron chi connectivity index (χ3n) is 6.45. The summed E-state index contributed by atoms with van der Waals surface area (Å²) in [4.78, 5) is 34.5. The molecule has 0 spiro atoms. The Labute approximate surface area is 215 Å². The molecule has 2 aromatic heterocycles. The number of ether oxygens (including phenoxy) is 2. The highest BCUT2D eigenvalue weighted by Crippen LogP contribution is 2.35. The molecule has 14 heteroatoms. The number of nitrogens with two attached hydrogens (primary N) is 1. The minimum atomic E-state index is -1.02. The summed E-state index contributed by atoms with van der Waals surface area (Å²) in [5.41, 5.74) is 7.16. The van der Waals surface area contributed by atoms with Crippen LogP contribution in [0.5, 0.6) is 0 Å². The van der Waals surface area contributed by atoms with E-state index in [0.29, 0.717) is 22.3 Å². The summed E-state index contributed by atoms with van der Waals surface area (Å²) >= 11 is 0. The van der Waals surface area contributed by atoms with Crippen LogP contribution in [0.25, 0.3) is 11.2 Å². The molecular weight excluding hydrogens is 498 g/mol. The maximum atomic E-state index is 11.6. The van der Waals surface area contributed by atoms with Crippen molar-refractivity contribution >= 4 is 28.4 Å². The third-order valence-corrected chi connectivity index (χ3v) is 6.45. The molecule has 1 aliphatic rings. The van der Waals surface area contributed by atoms with E-state index >= 15 is 0 Å². The fourth-order valence-electron chi connectivity index (χ4n) is 4.62. The van der Waals surface area contributed by atoms with Gasteiger partial charge in [0.1, 0.15) is 24.2 Å². The van der Waals surface area contributed by atoms with E-state index < -0.39 is 34.4 Å². The van der Waals surface area contributed by atoms with Crippen LogP contribution < -0.4 is 5.73 Å². The van der Waals surface area contributed by atoms with Crippen LogP contribution in [-0.2, 0) is 22.5 Å². The van der Waals surface area contributed by atoms with Gasteiger partial charge in [0.15, 0.2) is 11.5 Å². The SMILES string of the molecule is Nc1ncnc2c1ncn2[C@H]1C[C@H](O)[C@@H](C(Cc2ccccc2[N+](=O)[O-])OCc2ccccc2[N+](=O)[O-])O1. The Hall–Kier alpha value is -4.53. The summed E-state index contributed by atoms with van der Waals surface area (Å²) in [5, 5.41) is 34.1. The number of nitrogen functional groups attached to an aromatic ring is 1. The van der Waals surface area contributed by atoms with Crippen molar-refractivity contribution < 1.29 is 24.4 Å². The number of rotatable bonds is 9. The Morgan fingerprint density at radius 1 is 1.05 bits per heavy atom. The number of hydrogen-bond donors (Lipinski definition) is 2. The maximum absolute atomic E-state index is 11.6. The van der Waals surface area contributed by atoms with Crippen LogP contribution in [-0.4, -0.2) is 52.8 Å². The van der Waals surface area contributed by atoms with Crippen LogP contribution >= 0.6 is 0 Å². The second kappa shape index (κ2) is 10.5. The largest absolute Gasteiger partial charge is 0.390 e. The van der Waals surface area contributed by atoms with Crippen molar-refractivity contribution in [3.8, 4) is 0 Å². The average Bonchev–Trinajstić information content (AvgIpc) is 3.51. The van der Waals surface area contributed by atoms with Crippen LogP contribution in [0.1, 0.15) is 23.8 Å². The average molecular weight is 521 g/mol. The van der Waals surface area contributed by atoms with E-state index in [1.807, 2.05) is 0 Å². The fourth-order valence-corrected chi connectivity index (χ4v) is 4.62. The van der Waals surface area contributed by atoms with E-state index in [0.717, 1.165) is 0 Å². The first-order chi connectivity index (χ1) is 18.3. The zero-order chi connectivity index (χ0) is 26.8. The smallest absolute Gasteiger partial charge is 0.274 e. The Balaban J connectivity index is 1.44. The molecule has 196 valence electrons. The van der Waals surface area contributed by atoms with E-state index in [-0.39, 0.29) is 36.6 Å². The third kappa shape index (κ3) is 4.87. The minimum Gasteiger partial charge on any atom is -0.390 e. The summed E-state index contributed by atoms with van der Waals surface area (Å²) in [5.74, 6) is 0.200. The summed E-state index contributed by atoms with van der Waals surface area (Å²) < 4.78 is 13.9. The van der Waals surface area contributed by atoms with Crippen LogP contribution in [0.4, 0.5) is 17.2 Å². The number of fused-ring (bicyclic) bond motifs is 1. The van der Waals surface area contributed by atoms with Crippen molar-refractivity contribution in [3.05, 3.63) is 92.5 Å². The van der Waals surface area contributed by atoms with E-state index in [2.05, 4.69) is 15.0 Å². The molecule has 1 fully saturated rings. The van der Waals surface area contributed by atoms with Crippen molar-refractivity contribution in [2.75, 3.05) is 5.73 Å². The molecule has 38 heavy (non-hydrogen) atoms. The predicted molar refractivity (Wildman–Crippen MR) is 133 cm³/mol. The van der Waals surface area contributed by atoms with Crippen molar-refractivity contribution in [1.29, 1.82) is 0 Å². The standard InChI is InChI=1S/C24H23N7O7/c25-23-21-24(27-12-26-23)29(13-28-21)20-10-18(32)22(38-20)19(9-14-5-1-3-7-16(14)30(33)34)37-11-15-6-2-4-8-17(15)31(35)36/h1-8,12-13,18-20,22,32H,9-11H2,(H2,25,26,27)/t18-,19?,20+,22-/m0/s1. The highest BCUT2D eigenvalue weighted by Gasteiger charge is 2.42. The van der Waals surface area contributed by atoms with Gasteiger partial charge in [-0.1, -0.05) is 30.3 Å². The van der Waals surface area contributed by atoms with E-state index in [9.17, 15) is 25.3 Å². The summed E-state index contributed by atoms with van der Waals surface area (Å²) in [6, 6.07) is 12.3. The monoisotopic (exact) mass is 521 g/mol. The molecule has 1 unspecified atom stereocenters. The zero-order valence-corrected chi connectivity index (χ0v) is 19.9. The second-order valence-corrected chi connectivity index (χ2v) is 8.77. The van der Waals surface area contributed by atoms with E-state index in [1.54, 1.807) is 41.0 Å². The molecule has 5 rings (SSSR count). The first-order valence-electron chi connectivity index (χ1n) is 11.7. The second-order valence-electron chi connectivity index (χ2n) is 8.77. The minimum absolute atomic E-state index is 0.0199. The molecular formula is C24H23N7O7. The molecule has 3 heterocycles. The van der Waals surface area contributed by atoms with Gasteiger partial charge in [-0.05, 0) is 6.07 Å².